The van der Waals surface area contributed by atoms with Crippen molar-refractivity contribution in [2.24, 2.45) is 0 Å². The van der Waals surface area contributed by atoms with Crippen molar-refractivity contribution >= 4 is 16.9 Å². The Balaban J connectivity index is 1.47. The lowest BCUT2D eigenvalue weighted by Crippen LogP contribution is -2.29. The number of rotatable bonds is 6. The van der Waals surface area contributed by atoms with Crippen molar-refractivity contribution < 1.29 is 14.3 Å². The summed E-state index contributed by atoms with van der Waals surface area (Å²) in [5, 5.41) is 2.82. The molecule has 23 heavy (non-hydrogen) atoms. The molecule has 1 aliphatic rings. The Kier molecular flexibility index (Phi) is 4.93. The number of carbonyl (C=O) groups is 1. The second kappa shape index (κ2) is 7.10. The highest BCUT2D eigenvalue weighted by molar-refractivity contribution is 5.80. The predicted octanol–water partition coefficient (Wildman–Crippen LogP) is 1.99. The molecule has 0 aliphatic carbocycles. The van der Waals surface area contributed by atoms with Gasteiger partial charge in [-0.3, -0.25) is 4.79 Å². The number of H-pyrrole nitrogens is 1. The molecule has 1 aromatic carbocycles. The number of amides is 1. The van der Waals surface area contributed by atoms with Gasteiger partial charge in [0.2, 0.25) is 5.91 Å². The number of nitrogens with one attached hydrogen (secondary N) is 2. The van der Waals surface area contributed by atoms with Gasteiger partial charge in [0.25, 0.3) is 0 Å². The Bertz CT molecular complexity index is 690. The molecule has 0 spiro atoms. The first-order valence-corrected chi connectivity index (χ1v) is 8.04. The number of aryl methyl sites for hydroxylation is 2. The van der Waals surface area contributed by atoms with E-state index in [-0.39, 0.29) is 18.6 Å². The van der Waals surface area contributed by atoms with E-state index < -0.39 is 0 Å². The fourth-order valence-corrected chi connectivity index (χ4v) is 2.74. The molecule has 1 aromatic heterocycles. The molecule has 1 unspecified atom stereocenters. The monoisotopic (exact) mass is 317 g/mol. The molecule has 6 nitrogen and oxygen atoms in total. The molecule has 1 fully saturated rings. The number of nitrogens with zero attached hydrogens (tertiary/aromatic N) is 1. The second-order valence-electron chi connectivity index (χ2n) is 6.01. The Hall–Kier alpha value is -1.92. The Morgan fingerprint density at radius 1 is 1.48 bits per heavy atom. The summed E-state index contributed by atoms with van der Waals surface area (Å²) in [5.41, 5.74) is 4.33. The van der Waals surface area contributed by atoms with E-state index in [4.69, 9.17) is 9.47 Å². The van der Waals surface area contributed by atoms with Crippen LogP contribution in [0.15, 0.2) is 12.1 Å². The van der Waals surface area contributed by atoms with Crippen LogP contribution in [-0.2, 0) is 20.8 Å². The summed E-state index contributed by atoms with van der Waals surface area (Å²) in [5.74, 6) is 0.609. The van der Waals surface area contributed by atoms with Crippen molar-refractivity contribution in [3.05, 3.63) is 29.1 Å². The number of hydrogen-bond acceptors (Lipinski definition) is 4. The number of carbonyl (C=O) groups excluding carboxylic acids is 1. The average molecular weight is 317 g/mol. The lowest BCUT2D eigenvalue weighted by atomic mass is 10.1. The Morgan fingerprint density at radius 3 is 3.13 bits per heavy atom. The van der Waals surface area contributed by atoms with E-state index in [2.05, 4.69) is 35.2 Å². The molecule has 2 heterocycles. The minimum atomic E-state index is -0.142. The number of benzene rings is 1. The molecule has 1 amide bonds. The summed E-state index contributed by atoms with van der Waals surface area (Å²) < 4.78 is 10.8. The van der Waals surface area contributed by atoms with Gasteiger partial charge in [0.1, 0.15) is 12.4 Å². The molecule has 6 heteroatoms. The normalized spacial score (nSPS) is 17.7. The van der Waals surface area contributed by atoms with Gasteiger partial charge < -0.3 is 19.8 Å². The first-order chi connectivity index (χ1) is 11.1. The molecule has 124 valence electrons. The summed E-state index contributed by atoms with van der Waals surface area (Å²) in [6.45, 7) is 5.82. The third-order valence-electron chi connectivity index (χ3n) is 4.24. The van der Waals surface area contributed by atoms with Gasteiger partial charge in [-0.2, -0.15) is 0 Å². The van der Waals surface area contributed by atoms with E-state index >= 15 is 0 Å². The number of fused-ring (bicyclic) bond motifs is 1. The predicted molar refractivity (Wildman–Crippen MR) is 87.2 cm³/mol. The zero-order valence-electron chi connectivity index (χ0n) is 13.6. The quantitative estimate of drug-likeness (QED) is 0.854. The van der Waals surface area contributed by atoms with Gasteiger partial charge in [0.05, 0.1) is 30.3 Å². The first-order valence-electron chi connectivity index (χ1n) is 8.04. The van der Waals surface area contributed by atoms with E-state index in [1.54, 1.807) is 0 Å². The number of aromatic amines is 1. The van der Waals surface area contributed by atoms with Crippen LogP contribution in [0, 0.1) is 13.8 Å². The molecule has 2 N–H and O–H groups in total. The number of ether oxygens (including phenoxy) is 2. The zero-order chi connectivity index (χ0) is 16.2. The fraction of sp³-hybridized carbons (Fsp3) is 0.529. The molecule has 0 bridgehead atoms. The van der Waals surface area contributed by atoms with E-state index in [9.17, 15) is 4.79 Å². The molecular formula is C17H23N3O3. The maximum Gasteiger partial charge on any atom is 0.246 e. The first kappa shape index (κ1) is 16.0. The van der Waals surface area contributed by atoms with Gasteiger partial charge in [-0.1, -0.05) is 6.07 Å². The zero-order valence-corrected chi connectivity index (χ0v) is 13.6. The molecule has 1 atom stereocenters. The van der Waals surface area contributed by atoms with Crippen LogP contribution in [0.1, 0.15) is 29.8 Å². The van der Waals surface area contributed by atoms with Gasteiger partial charge in [-0.15, -0.1) is 0 Å². The molecule has 1 saturated heterocycles. The SMILES string of the molecule is Cc1ccc2[nH]c(CNC(=O)COCC3CCCO3)nc2c1C. The maximum atomic E-state index is 11.8. The van der Waals surface area contributed by atoms with Crippen LogP contribution in [0.2, 0.25) is 0 Å². The Labute approximate surface area is 135 Å². The van der Waals surface area contributed by atoms with Gasteiger partial charge in [0, 0.05) is 6.61 Å². The summed E-state index contributed by atoms with van der Waals surface area (Å²) in [4.78, 5) is 19.6. The number of imidazole rings is 1. The van der Waals surface area contributed by atoms with Crippen molar-refractivity contribution in [2.75, 3.05) is 19.8 Å². The van der Waals surface area contributed by atoms with Crippen molar-refractivity contribution in [1.82, 2.24) is 15.3 Å². The third-order valence-corrected chi connectivity index (χ3v) is 4.24. The van der Waals surface area contributed by atoms with Crippen molar-refractivity contribution in [1.29, 1.82) is 0 Å². The van der Waals surface area contributed by atoms with E-state index in [0.717, 1.165) is 41.9 Å². The summed E-state index contributed by atoms with van der Waals surface area (Å²) in [7, 11) is 0. The highest BCUT2D eigenvalue weighted by Gasteiger charge is 2.16. The van der Waals surface area contributed by atoms with Gasteiger partial charge in [-0.25, -0.2) is 4.98 Å². The maximum absolute atomic E-state index is 11.8. The molecule has 0 radical (unpaired) electrons. The fourth-order valence-electron chi connectivity index (χ4n) is 2.74. The number of hydrogen-bond donors (Lipinski definition) is 2. The molecular weight excluding hydrogens is 294 g/mol. The topological polar surface area (TPSA) is 76.2 Å². The third kappa shape index (κ3) is 3.89. The van der Waals surface area contributed by atoms with Crippen LogP contribution in [0.25, 0.3) is 11.0 Å². The molecule has 3 rings (SSSR count). The van der Waals surface area contributed by atoms with E-state index in [1.165, 1.54) is 5.56 Å². The van der Waals surface area contributed by atoms with Gasteiger partial charge in [-0.05, 0) is 43.9 Å². The van der Waals surface area contributed by atoms with Crippen LogP contribution in [0.5, 0.6) is 0 Å². The number of aromatic nitrogens is 2. The minimum absolute atomic E-state index is 0.0538. The second-order valence-corrected chi connectivity index (χ2v) is 6.01. The highest BCUT2D eigenvalue weighted by atomic mass is 16.5. The van der Waals surface area contributed by atoms with E-state index in [0.29, 0.717) is 13.2 Å². The lowest BCUT2D eigenvalue weighted by Gasteiger charge is -2.09. The smallest absolute Gasteiger partial charge is 0.246 e. The molecule has 0 saturated carbocycles. The van der Waals surface area contributed by atoms with Crippen LogP contribution in [-0.4, -0.2) is 41.8 Å². The van der Waals surface area contributed by atoms with Crippen LogP contribution in [0.4, 0.5) is 0 Å². The van der Waals surface area contributed by atoms with Gasteiger partial charge >= 0.3 is 0 Å². The standard InChI is InChI=1S/C17H23N3O3/c1-11-5-6-14-17(12(11)2)20-15(19-14)8-18-16(21)10-22-9-13-4-3-7-23-13/h5-6,13H,3-4,7-10H2,1-2H3,(H,18,21)(H,19,20). The van der Waals surface area contributed by atoms with E-state index in [1.807, 2.05) is 6.07 Å². The molecule has 2 aromatic rings. The van der Waals surface area contributed by atoms with Crippen LogP contribution < -0.4 is 5.32 Å². The largest absolute Gasteiger partial charge is 0.376 e. The Morgan fingerprint density at radius 2 is 2.35 bits per heavy atom. The van der Waals surface area contributed by atoms with Crippen molar-refractivity contribution in [2.45, 2.75) is 39.3 Å². The highest BCUT2D eigenvalue weighted by Crippen LogP contribution is 2.19. The molecule has 1 aliphatic heterocycles. The van der Waals surface area contributed by atoms with Gasteiger partial charge in [0.15, 0.2) is 0 Å². The minimum Gasteiger partial charge on any atom is -0.376 e. The summed E-state index contributed by atoms with van der Waals surface area (Å²) >= 11 is 0. The van der Waals surface area contributed by atoms with Crippen molar-refractivity contribution in [3.8, 4) is 0 Å². The van der Waals surface area contributed by atoms with Crippen molar-refractivity contribution in [3.63, 3.8) is 0 Å². The van der Waals surface area contributed by atoms with Crippen LogP contribution >= 0.6 is 0 Å². The summed E-state index contributed by atoms with van der Waals surface area (Å²) in [6.07, 6.45) is 2.23. The average Bonchev–Trinajstić information content (AvgIpc) is 3.18. The lowest BCUT2D eigenvalue weighted by molar-refractivity contribution is -0.127. The summed E-state index contributed by atoms with van der Waals surface area (Å²) in [6, 6.07) is 4.08. The van der Waals surface area contributed by atoms with Crippen LogP contribution in [0.3, 0.4) is 0 Å².